The zero-order valence-electron chi connectivity index (χ0n) is 10.5. The summed E-state index contributed by atoms with van der Waals surface area (Å²) in [7, 11) is 0. The van der Waals surface area contributed by atoms with Crippen LogP contribution in [0.1, 0.15) is 6.23 Å². The summed E-state index contributed by atoms with van der Waals surface area (Å²) in [5.41, 5.74) is 5.31. The Balaban J connectivity index is 2.17. The molecular weight excluding hydrogens is 350 g/mol. The van der Waals surface area contributed by atoms with Crippen LogP contribution in [0, 0.1) is 0 Å². The summed E-state index contributed by atoms with van der Waals surface area (Å²) in [4.78, 5) is 21.6. The van der Waals surface area contributed by atoms with Gasteiger partial charge in [0.1, 0.15) is 29.6 Å². The molecule has 10 nitrogen and oxygen atoms in total. The van der Waals surface area contributed by atoms with Gasteiger partial charge in [0, 0.05) is 0 Å². The van der Waals surface area contributed by atoms with Crippen LogP contribution in [-0.4, -0.2) is 59.8 Å². The van der Waals surface area contributed by atoms with Crippen molar-refractivity contribution in [2.75, 3.05) is 12.3 Å². The Morgan fingerprint density at radius 1 is 1.38 bits per heavy atom. The molecule has 21 heavy (non-hydrogen) atoms. The van der Waals surface area contributed by atoms with E-state index in [1.807, 2.05) is 0 Å². The Morgan fingerprint density at radius 3 is 2.71 bits per heavy atom. The summed E-state index contributed by atoms with van der Waals surface area (Å²) in [6.45, 7) is -0.463. The minimum atomic E-state index is -1.32. The smallest absolute Gasteiger partial charge is 0.348 e. The second-order valence-electron chi connectivity index (χ2n) is 4.61. The number of nitrogen functional groups attached to an aromatic ring is 1. The van der Waals surface area contributed by atoms with E-state index < -0.39 is 36.8 Å². The molecule has 1 aliphatic rings. The largest absolute Gasteiger partial charge is 0.394 e. The second-order valence-corrected chi connectivity index (χ2v) is 5.32. The maximum Gasteiger partial charge on any atom is 0.348 e. The van der Waals surface area contributed by atoms with Gasteiger partial charge in [0.2, 0.25) is 0 Å². The number of rotatable bonds is 2. The molecule has 2 aromatic heterocycles. The van der Waals surface area contributed by atoms with Crippen molar-refractivity contribution in [2.24, 2.45) is 0 Å². The Hall–Kier alpha value is -1.53. The van der Waals surface area contributed by atoms with Crippen LogP contribution in [0.2, 0.25) is 0 Å². The highest BCUT2D eigenvalue weighted by Crippen LogP contribution is 2.34. The first-order chi connectivity index (χ1) is 9.93. The molecule has 0 aliphatic carbocycles. The average molecular weight is 362 g/mol. The van der Waals surface area contributed by atoms with E-state index in [9.17, 15) is 15.0 Å². The van der Waals surface area contributed by atoms with Crippen molar-refractivity contribution in [1.82, 2.24) is 19.5 Å². The van der Waals surface area contributed by atoms with Gasteiger partial charge in [-0.2, -0.15) is 4.98 Å². The Morgan fingerprint density at radius 2 is 2.10 bits per heavy atom. The predicted molar refractivity (Wildman–Crippen MR) is 73.3 cm³/mol. The standard InChI is InChI=1S/C10H12BrN5O5/c11-9-13-3-6(12)14-10(20)15-7(3)16(9)8-5(19)4(18)2(1-17)21-8/h2,4-5,8,17-19H,1H2,(H3,12,14,15,20)/t2-,4-,5-,8-/m1/s1. The number of fused-ring (bicyclic) bond motifs is 1. The fourth-order valence-electron chi connectivity index (χ4n) is 2.30. The van der Waals surface area contributed by atoms with E-state index >= 15 is 0 Å². The van der Waals surface area contributed by atoms with E-state index in [2.05, 4.69) is 30.9 Å². The molecule has 2 aromatic rings. The highest BCUT2D eigenvalue weighted by atomic mass is 79.9. The van der Waals surface area contributed by atoms with E-state index in [4.69, 9.17) is 15.6 Å². The van der Waals surface area contributed by atoms with E-state index in [0.717, 1.165) is 0 Å². The van der Waals surface area contributed by atoms with Crippen molar-refractivity contribution in [1.29, 1.82) is 0 Å². The van der Waals surface area contributed by atoms with Crippen molar-refractivity contribution < 1.29 is 20.1 Å². The van der Waals surface area contributed by atoms with Crippen molar-refractivity contribution in [2.45, 2.75) is 24.5 Å². The van der Waals surface area contributed by atoms with Crippen LogP contribution >= 0.6 is 15.9 Å². The average Bonchev–Trinajstić information content (AvgIpc) is 2.89. The van der Waals surface area contributed by atoms with Gasteiger partial charge < -0.3 is 25.8 Å². The summed E-state index contributed by atoms with van der Waals surface area (Å²) in [5.74, 6) is 0.0243. The van der Waals surface area contributed by atoms with Gasteiger partial charge in [-0.1, -0.05) is 0 Å². The minimum absolute atomic E-state index is 0.0243. The van der Waals surface area contributed by atoms with Gasteiger partial charge in [-0.25, -0.2) is 9.78 Å². The fraction of sp³-hybridized carbons (Fsp3) is 0.500. The molecular formula is C10H12BrN5O5. The summed E-state index contributed by atoms with van der Waals surface area (Å²) in [6, 6.07) is 0. The molecule has 0 spiro atoms. The maximum atomic E-state index is 11.5. The summed E-state index contributed by atoms with van der Waals surface area (Å²) >= 11 is 3.17. The fourth-order valence-corrected chi connectivity index (χ4v) is 2.85. The lowest BCUT2D eigenvalue weighted by Gasteiger charge is -2.17. The third-order valence-electron chi connectivity index (χ3n) is 3.32. The molecule has 0 aromatic carbocycles. The number of aliphatic hydroxyl groups excluding tert-OH is 3. The molecule has 4 atom stereocenters. The van der Waals surface area contributed by atoms with Crippen molar-refractivity contribution >= 4 is 32.9 Å². The van der Waals surface area contributed by atoms with E-state index in [1.165, 1.54) is 4.57 Å². The summed E-state index contributed by atoms with van der Waals surface area (Å²) in [5, 5.41) is 29.0. The van der Waals surface area contributed by atoms with Gasteiger partial charge in [-0.15, -0.1) is 0 Å². The van der Waals surface area contributed by atoms with Crippen LogP contribution in [-0.2, 0) is 4.74 Å². The second kappa shape index (κ2) is 5.03. The van der Waals surface area contributed by atoms with Crippen molar-refractivity contribution in [3.05, 3.63) is 15.2 Å². The molecule has 11 heteroatoms. The quantitative estimate of drug-likeness (QED) is 0.387. The molecule has 1 saturated heterocycles. The number of aliphatic hydroxyl groups is 3. The van der Waals surface area contributed by atoms with Gasteiger partial charge in [0.05, 0.1) is 6.61 Å². The SMILES string of the molecule is Nc1[nH]c(=O)nc2c1nc(Br)n2[C@@H]1O[C@H](CO)[C@@H](O)[C@H]1O. The lowest BCUT2D eigenvalue weighted by molar-refractivity contribution is -0.0521. The van der Waals surface area contributed by atoms with Gasteiger partial charge in [-0.05, 0) is 15.9 Å². The number of halogens is 1. The van der Waals surface area contributed by atoms with Gasteiger partial charge in [0.15, 0.2) is 16.6 Å². The molecule has 0 bridgehead atoms. The number of nitrogens with two attached hydrogens (primary N) is 1. The molecule has 0 unspecified atom stereocenters. The normalized spacial score (nSPS) is 29.3. The van der Waals surface area contributed by atoms with E-state index in [0.29, 0.717) is 0 Å². The Labute approximate surface area is 125 Å². The minimum Gasteiger partial charge on any atom is -0.394 e. The lowest BCUT2D eigenvalue weighted by atomic mass is 10.1. The Kier molecular flexibility index (Phi) is 3.45. The maximum absolute atomic E-state index is 11.5. The van der Waals surface area contributed by atoms with Crippen LogP contribution in [0.25, 0.3) is 11.2 Å². The molecule has 0 radical (unpaired) electrons. The van der Waals surface area contributed by atoms with Crippen LogP contribution in [0.15, 0.2) is 9.53 Å². The van der Waals surface area contributed by atoms with Crippen LogP contribution in [0.4, 0.5) is 5.82 Å². The molecule has 0 amide bonds. The highest BCUT2D eigenvalue weighted by Gasteiger charge is 2.44. The number of H-pyrrole nitrogens is 1. The first kappa shape index (κ1) is 14.4. The highest BCUT2D eigenvalue weighted by molar-refractivity contribution is 9.10. The monoisotopic (exact) mass is 361 g/mol. The summed E-state index contributed by atoms with van der Waals surface area (Å²) in [6.07, 6.45) is -4.61. The van der Waals surface area contributed by atoms with E-state index in [1.54, 1.807) is 0 Å². The zero-order valence-corrected chi connectivity index (χ0v) is 12.1. The van der Waals surface area contributed by atoms with Crippen LogP contribution in [0.3, 0.4) is 0 Å². The lowest BCUT2D eigenvalue weighted by Crippen LogP contribution is -2.33. The number of aromatic amines is 1. The molecule has 6 N–H and O–H groups in total. The van der Waals surface area contributed by atoms with Crippen LogP contribution in [0.5, 0.6) is 0 Å². The predicted octanol–water partition coefficient (Wildman–Crippen LogP) is -1.92. The summed E-state index contributed by atoms with van der Waals surface area (Å²) < 4.78 is 6.91. The molecule has 1 fully saturated rings. The van der Waals surface area contributed by atoms with Gasteiger partial charge in [0.25, 0.3) is 0 Å². The zero-order chi connectivity index (χ0) is 15.3. The first-order valence-corrected chi connectivity index (χ1v) is 6.79. The third kappa shape index (κ3) is 2.13. The van der Waals surface area contributed by atoms with Gasteiger partial charge in [-0.3, -0.25) is 9.55 Å². The molecule has 0 saturated carbocycles. The molecule has 3 heterocycles. The number of ether oxygens (including phenoxy) is 1. The molecule has 3 rings (SSSR count). The van der Waals surface area contributed by atoms with Crippen LogP contribution < -0.4 is 11.4 Å². The number of hydrogen-bond acceptors (Lipinski definition) is 8. The number of imidazole rings is 1. The number of aromatic nitrogens is 4. The van der Waals surface area contributed by atoms with Crippen molar-refractivity contribution in [3.8, 4) is 0 Å². The molecule has 114 valence electrons. The van der Waals surface area contributed by atoms with Crippen molar-refractivity contribution in [3.63, 3.8) is 0 Å². The number of nitrogens with one attached hydrogen (secondary N) is 1. The van der Waals surface area contributed by atoms with Gasteiger partial charge >= 0.3 is 5.69 Å². The first-order valence-electron chi connectivity index (χ1n) is 5.99. The Bertz CT molecular complexity index is 745. The topological polar surface area (TPSA) is 160 Å². The molecule has 1 aliphatic heterocycles. The van der Waals surface area contributed by atoms with E-state index in [-0.39, 0.29) is 21.7 Å². The number of anilines is 1. The third-order valence-corrected chi connectivity index (χ3v) is 3.88. The number of hydrogen-bond donors (Lipinski definition) is 5. The number of nitrogens with zero attached hydrogens (tertiary/aromatic N) is 3.